The highest BCUT2D eigenvalue weighted by molar-refractivity contribution is 7.14. The van der Waals surface area contributed by atoms with Gasteiger partial charge in [0.25, 0.3) is 5.91 Å². The molecule has 1 amide bonds. The van der Waals surface area contributed by atoms with Gasteiger partial charge in [-0.1, -0.05) is 66.2 Å². The molecule has 6 nitrogen and oxygen atoms in total. The summed E-state index contributed by atoms with van der Waals surface area (Å²) in [5, 5.41) is 15.0. The first-order chi connectivity index (χ1) is 17.5. The van der Waals surface area contributed by atoms with Gasteiger partial charge in [-0.25, -0.2) is 4.98 Å². The Morgan fingerprint density at radius 3 is 2.36 bits per heavy atom. The van der Waals surface area contributed by atoms with Gasteiger partial charge in [-0.3, -0.25) is 9.59 Å². The Morgan fingerprint density at radius 1 is 0.944 bits per heavy atom. The number of aliphatic carboxylic acids is 1. The number of carboxylic acid groups (broad SMARTS) is 1. The molecule has 0 bridgehead atoms. The molecular weight excluding hydrogens is 494 g/mol. The summed E-state index contributed by atoms with van der Waals surface area (Å²) in [4.78, 5) is 30.1. The van der Waals surface area contributed by atoms with Gasteiger partial charge in [0.05, 0.1) is 12.1 Å². The Hall–Kier alpha value is -3.68. The normalized spacial score (nSPS) is 10.7. The van der Waals surface area contributed by atoms with Crippen LogP contribution in [0.15, 0.2) is 84.2 Å². The van der Waals surface area contributed by atoms with Crippen molar-refractivity contribution in [3.8, 4) is 11.3 Å². The van der Waals surface area contributed by atoms with Crippen molar-refractivity contribution >= 4 is 39.9 Å². The first-order valence-corrected chi connectivity index (χ1v) is 12.8. The van der Waals surface area contributed by atoms with Gasteiger partial charge >= 0.3 is 5.97 Å². The summed E-state index contributed by atoms with van der Waals surface area (Å²) in [6.45, 7) is 1.53. The second kappa shape index (κ2) is 12.3. The van der Waals surface area contributed by atoms with Gasteiger partial charge < -0.3 is 15.3 Å². The number of hydrogen-bond donors (Lipinski definition) is 2. The predicted molar refractivity (Wildman–Crippen MR) is 145 cm³/mol. The Bertz CT molecular complexity index is 1290. The van der Waals surface area contributed by atoms with Crippen molar-refractivity contribution in [1.29, 1.82) is 0 Å². The molecule has 0 atom stereocenters. The van der Waals surface area contributed by atoms with E-state index in [-0.39, 0.29) is 18.9 Å². The first kappa shape index (κ1) is 25.4. The van der Waals surface area contributed by atoms with Crippen LogP contribution in [0.3, 0.4) is 0 Å². The SMILES string of the molecule is O=C(O)CCNC(=O)c1ccc(CN(CCc2ccccc2)c2nc(-c3ccc(Cl)cc3)cs2)cc1. The van der Waals surface area contributed by atoms with Crippen LogP contribution in [0.1, 0.15) is 27.9 Å². The van der Waals surface area contributed by atoms with E-state index in [0.717, 1.165) is 34.9 Å². The second-order valence-corrected chi connectivity index (χ2v) is 9.55. The Morgan fingerprint density at radius 2 is 1.67 bits per heavy atom. The van der Waals surface area contributed by atoms with E-state index in [1.165, 1.54) is 5.56 Å². The zero-order valence-electron chi connectivity index (χ0n) is 19.6. The minimum Gasteiger partial charge on any atom is -0.481 e. The fraction of sp³-hybridized carbons (Fsp3) is 0.179. The minimum atomic E-state index is -0.942. The van der Waals surface area contributed by atoms with Crippen molar-refractivity contribution in [2.75, 3.05) is 18.0 Å². The number of nitrogens with one attached hydrogen (secondary N) is 1. The number of rotatable bonds is 11. The van der Waals surface area contributed by atoms with Crippen molar-refractivity contribution in [3.63, 3.8) is 0 Å². The highest BCUT2D eigenvalue weighted by Gasteiger charge is 2.14. The van der Waals surface area contributed by atoms with Crippen LogP contribution in [-0.4, -0.2) is 35.1 Å². The van der Waals surface area contributed by atoms with Crippen LogP contribution in [0, 0.1) is 0 Å². The predicted octanol–water partition coefficient (Wildman–Crippen LogP) is 5.92. The van der Waals surface area contributed by atoms with Gasteiger partial charge in [0, 0.05) is 41.2 Å². The van der Waals surface area contributed by atoms with Crippen LogP contribution < -0.4 is 10.2 Å². The number of halogens is 1. The number of thiazole rings is 1. The lowest BCUT2D eigenvalue weighted by atomic mass is 10.1. The van der Waals surface area contributed by atoms with Gasteiger partial charge in [-0.2, -0.15) is 0 Å². The van der Waals surface area contributed by atoms with Crippen molar-refractivity contribution < 1.29 is 14.7 Å². The van der Waals surface area contributed by atoms with Gasteiger partial charge in [-0.15, -0.1) is 11.3 Å². The third-order valence-corrected chi connectivity index (χ3v) is 6.78. The molecule has 36 heavy (non-hydrogen) atoms. The van der Waals surface area contributed by atoms with Gasteiger partial charge in [0.15, 0.2) is 5.13 Å². The molecule has 8 heteroatoms. The molecule has 0 saturated carbocycles. The molecule has 2 N–H and O–H groups in total. The molecule has 0 radical (unpaired) electrons. The molecule has 0 fully saturated rings. The highest BCUT2D eigenvalue weighted by Crippen LogP contribution is 2.29. The molecule has 4 rings (SSSR count). The Balaban J connectivity index is 1.48. The zero-order valence-corrected chi connectivity index (χ0v) is 21.1. The monoisotopic (exact) mass is 519 g/mol. The highest BCUT2D eigenvalue weighted by atomic mass is 35.5. The number of carboxylic acids is 1. The second-order valence-electron chi connectivity index (χ2n) is 8.28. The number of benzene rings is 3. The molecule has 0 aliphatic rings. The van der Waals surface area contributed by atoms with Crippen molar-refractivity contribution in [1.82, 2.24) is 10.3 Å². The number of amides is 1. The third kappa shape index (κ3) is 7.16. The molecule has 0 saturated heterocycles. The van der Waals surface area contributed by atoms with Gasteiger partial charge in [-0.05, 0) is 41.8 Å². The molecule has 1 aromatic heterocycles. The number of carbonyl (C=O) groups is 2. The van der Waals surface area contributed by atoms with Crippen LogP contribution in [0.2, 0.25) is 5.02 Å². The number of aromatic nitrogens is 1. The topological polar surface area (TPSA) is 82.5 Å². The largest absolute Gasteiger partial charge is 0.481 e. The van der Waals surface area contributed by atoms with Gasteiger partial charge in [0.2, 0.25) is 0 Å². The molecule has 0 aliphatic carbocycles. The average Bonchev–Trinajstić information content (AvgIpc) is 3.38. The van der Waals surface area contributed by atoms with Crippen molar-refractivity contribution in [3.05, 3.63) is 106 Å². The van der Waals surface area contributed by atoms with E-state index in [2.05, 4.69) is 27.7 Å². The molecular formula is C28H26ClN3O3S. The van der Waals surface area contributed by atoms with Gasteiger partial charge in [0.1, 0.15) is 0 Å². The molecule has 184 valence electrons. The van der Waals surface area contributed by atoms with Crippen LogP contribution in [0.5, 0.6) is 0 Å². The Kier molecular flexibility index (Phi) is 8.71. The maximum absolute atomic E-state index is 12.3. The number of anilines is 1. The van der Waals surface area contributed by atoms with Crippen molar-refractivity contribution in [2.45, 2.75) is 19.4 Å². The van der Waals surface area contributed by atoms with Crippen LogP contribution >= 0.6 is 22.9 Å². The fourth-order valence-electron chi connectivity index (χ4n) is 3.68. The summed E-state index contributed by atoms with van der Waals surface area (Å²) < 4.78 is 0. The standard InChI is InChI=1S/C28H26ClN3O3S/c29-24-12-10-22(11-13-24)25-19-36-28(31-25)32(17-15-20-4-2-1-3-5-20)18-21-6-8-23(9-7-21)27(35)30-16-14-26(33)34/h1-13,19H,14-18H2,(H,30,35)(H,33,34). The van der Waals surface area contributed by atoms with Crippen LogP contribution in [-0.2, 0) is 17.8 Å². The molecule has 0 unspecified atom stereocenters. The maximum atomic E-state index is 12.3. The quantitative estimate of drug-likeness (QED) is 0.257. The Labute approximate surface area is 219 Å². The van der Waals surface area contributed by atoms with E-state index in [9.17, 15) is 9.59 Å². The third-order valence-electron chi connectivity index (χ3n) is 5.63. The zero-order chi connectivity index (χ0) is 25.3. The lowest BCUT2D eigenvalue weighted by molar-refractivity contribution is -0.136. The lowest BCUT2D eigenvalue weighted by Gasteiger charge is -2.22. The first-order valence-electron chi connectivity index (χ1n) is 11.6. The van der Waals surface area contributed by atoms with E-state index >= 15 is 0 Å². The van der Waals surface area contributed by atoms with E-state index in [4.69, 9.17) is 21.7 Å². The summed E-state index contributed by atoms with van der Waals surface area (Å²) in [5.41, 5.74) is 4.73. The van der Waals surface area contributed by atoms with E-state index in [1.807, 2.05) is 54.6 Å². The molecule has 3 aromatic carbocycles. The van der Waals surface area contributed by atoms with E-state index in [0.29, 0.717) is 17.1 Å². The molecule has 0 aliphatic heterocycles. The lowest BCUT2D eigenvalue weighted by Crippen LogP contribution is -2.26. The summed E-state index contributed by atoms with van der Waals surface area (Å²) in [6.07, 6.45) is 0.771. The average molecular weight is 520 g/mol. The fourth-order valence-corrected chi connectivity index (χ4v) is 4.67. The van der Waals surface area contributed by atoms with Crippen LogP contribution in [0.4, 0.5) is 5.13 Å². The van der Waals surface area contributed by atoms with Crippen molar-refractivity contribution in [2.24, 2.45) is 0 Å². The number of hydrogen-bond acceptors (Lipinski definition) is 5. The van der Waals surface area contributed by atoms with E-state index < -0.39 is 5.97 Å². The molecule has 0 spiro atoms. The summed E-state index contributed by atoms with van der Waals surface area (Å²) in [5.74, 6) is -1.22. The summed E-state index contributed by atoms with van der Waals surface area (Å²) in [6, 6.07) is 25.4. The summed E-state index contributed by atoms with van der Waals surface area (Å²) >= 11 is 7.64. The smallest absolute Gasteiger partial charge is 0.305 e. The molecule has 4 aromatic rings. The number of carbonyl (C=O) groups excluding carboxylic acids is 1. The minimum absolute atomic E-state index is 0.100. The van der Waals surface area contributed by atoms with Crippen LogP contribution in [0.25, 0.3) is 11.3 Å². The van der Waals surface area contributed by atoms with E-state index in [1.54, 1.807) is 23.5 Å². The number of nitrogens with zero attached hydrogens (tertiary/aromatic N) is 2. The molecule has 1 heterocycles. The maximum Gasteiger partial charge on any atom is 0.305 e. The summed E-state index contributed by atoms with van der Waals surface area (Å²) in [7, 11) is 0.